The molecule has 0 fully saturated rings. The largest absolute Gasteiger partial charge is 0.337 e. The van der Waals surface area contributed by atoms with Crippen molar-refractivity contribution in [2.45, 2.75) is 4.90 Å². The SMILES string of the molecule is NS(=O)(=O)c1ccc(NS(=O)(=O)CCNC(=O)Nc2c(F)c(F)c(F)c(F)c2F)cc1. The van der Waals surface area contributed by atoms with E-state index in [1.54, 1.807) is 0 Å². The molecule has 0 radical (unpaired) electrons. The van der Waals surface area contributed by atoms with Crippen LogP contribution in [0.1, 0.15) is 0 Å². The number of sulfonamides is 2. The van der Waals surface area contributed by atoms with Crippen LogP contribution in [0.2, 0.25) is 0 Å². The Morgan fingerprint density at radius 1 is 0.839 bits per heavy atom. The molecule has 0 aromatic heterocycles. The first-order chi connectivity index (χ1) is 14.2. The van der Waals surface area contributed by atoms with E-state index >= 15 is 0 Å². The van der Waals surface area contributed by atoms with E-state index in [1.807, 2.05) is 5.32 Å². The highest BCUT2D eigenvalue weighted by Crippen LogP contribution is 2.26. The summed E-state index contributed by atoms with van der Waals surface area (Å²) in [6.07, 6.45) is 0. The fraction of sp³-hybridized carbons (Fsp3) is 0.133. The summed E-state index contributed by atoms with van der Waals surface area (Å²) < 4.78 is 114. The van der Waals surface area contributed by atoms with Crippen molar-refractivity contribution in [1.82, 2.24) is 5.32 Å². The summed E-state index contributed by atoms with van der Waals surface area (Å²) in [5, 5.41) is 8.19. The zero-order valence-corrected chi connectivity index (χ0v) is 16.7. The van der Waals surface area contributed by atoms with E-state index in [4.69, 9.17) is 5.14 Å². The number of urea groups is 1. The molecule has 9 nitrogen and oxygen atoms in total. The van der Waals surface area contributed by atoms with Gasteiger partial charge >= 0.3 is 6.03 Å². The Bertz CT molecular complexity index is 1190. The molecule has 0 heterocycles. The van der Waals surface area contributed by atoms with Crippen molar-refractivity contribution in [3.8, 4) is 0 Å². The predicted octanol–water partition coefficient (Wildman–Crippen LogP) is 1.59. The van der Waals surface area contributed by atoms with E-state index < -0.39 is 73.1 Å². The maximum atomic E-state index is 13.5. The quantitative estimate of drug-likeness (QED) is 0.266. The molecule has 0 atom stereocenters. The van der Waals surface area contributed by atoms with Gasteiger partial charge in [-0.1, -0.05) is 0 Å². The van der Waals surface area contributed by atoms with Gasteiger partial charge in [0.25, 0.3) is 0 Å². The molecule has 0 bridgehead atoms. The van der Waals surface area contributed by atoms with Crippen molar-refractivity contribution in [2.24, 2.45) is 5.14 Å². The van der Waals surface area contributed by atoms with Crippen molar-refractivity contribution in [1.29, 1.82) is 0 Å². The maximum Gasteiger partial charge on any atom is 0.319 e. The Morgan fingerprint density at radius 3 is 1.81 bits per heavy atom. The number of benzene rings is 2. The summed E-state index contributed by atoms with van der Waals surface area (Å²) >= 11 is 0. The van der Waals surface area contributed by atoms with Crippen LogP contribution in [-0.4, -0.2) is 35.2 Å². The molecule has 5 N–H and O–H groups in total. The summed E-state index contributed by atoms with van der Waals surface area (Å²) in [4.78, 5) is 11.4. The van der Waals surface area contributed by atoms with Crippen LogP contribution in [0.25, 0.3) is 0 Å². The number of carbonyl (C=O) groups is 1. The Labute approximate surface area is 172 Å². The van der Waals surface area contributed by atoms with E-state index in [0.29, 0.717) is 0 Å². The number of hydrogen-bond acceptors (Lipinski definition) is 5. The van der Waals surface area contributed by atoms with Gasteiger partial charge in [-0.25, -0.2) is 48.7 Å². The van der Waals surface area contributed by atoms with Gasteiger partial charge in [-0.2, -0.15) is 0 Å². The second-order valence-corrected chi connectivity index (χ2v) is 9.22. The molecular weight excluding hydrogens is 475 g/mol. The van der Waals surface area contributed by atoms with E-state index in [-0.39, 0.29) is 10.6 Å². The Hall–Kier alpha value is -2.98. The fourth-order valence-corrected chi connectivity index (χ4v) is 3.60. The molecule has 0 aliphatic carbocycles. The maximum absolute atomic E-state index is 13.5. The highest BCUT2D eigenvalue weighted by Gasteiger charge is 2.26. The zero-order valence-electron chi connectivity index (χ0n) is 15.0. The molecule has 0 spiro atoms. The first-order valence-electron chi connectivity index (χ1n) is 7.92. The minimum atomic E-state index is -4.08. The minimum Gasteiger partial charge on any atom is -0.337 e. The highest BCUT2D eigenvalue weighted by molar-refractivity contribution is 7.92. The van der Waals surface area contributed by atoms with Crippen LogP contribution >= 0.6 is 0 Å². The molecule has 2 rings (SSSR count). The number of carbonyl (C=O) groups excluding carboxylic acids is 1. The number of anilines is 2. The smallest absolute Gasteiger partial charge is 0.319 e. The van der Waals surface area contributed by atoms with Crippen LogP contribution in [0.4, 0.5) is 38.1 Å². The predicted molar refractivity (Wildman–Crippen MR) is 98.5 cm³/mol. The third-order valence-electron chi connectivity index (χ3n) is 3.56. The molecule has 16 heteroatoms. The molecule has 0 aliphatic heterocycles. The standard InChI is InChI=1S/C15H13F5N4O5S2/c16-9-10(17)12(19)14(13(20)11(9)18)23-15(25)22-5-6-30(26,27)24-7-1-3-8(4-2-7)31(21,28)29/h1-4,24H,5-6H2,(H2,21,28,29)(H2,22,23,25). The lowest BCUT2D eigenvalue weighted by Crippen LogP contribution is -2.34. The number of primary sulfonamides is 1. The monoisotopic (exact) mass is 488 g/mol. The third-order valence-corrected chi connectivity index (χ3v) is 5.78. The van der Waals surface area contributed by atoms with Crippen molar-refractivity contribution in [2.75, 3.05) is 22.3 Å². The number of halogens is 5. The van der Waals surface area contributed by atoms with Gasteiger partial charge in [-0.05, 0) is 24.3 Å². The summed E-state index contributed by atoms with van der Waals surface area (Å²) in [7, 11) is -8.06. The Kier molecular flexibility index (Phi) is 7.07. The average Bonchev–Trinajstić information content (AvgIpc) is 2.67. The molecule has 2 aromatic rings. The molecule has 170 valence electrons. The van der Waals surface area contributed by atoms with Crippen LogP contribution in [0.5, 0.6) is 0 Å². The van der Waals surface area contributed by atoms with Gasteiger partial charge in [0, 0.05) is 12.2 Å². The number of nitrogens with one attached hydrogen (secondary N) is 3. The van der Waals surface area contributed by atoms with Gasteiger partial charge in [-0.3, -0.25) is 4.72 Å². The highest BCUT2D eigenvalue weighted by atomic mass is 32.2. The van der Waals surface area contributed by atoms with Gasteiger partial charge in [0.15, 0.2) is 23.3 Å². The first kappa shape index (κ1) is 24.3. The molecule has 2 amide bonds. The normalized spacial score (nSPS) is 11.8. The number of hydrogen-bond donors (Lipinski definition) is 4. The van der Waals surface area contributed by atoms with E-state index in [9.17, 15) is 43.6 Å². The molecule has 31 heavy (non-hydrogen) atoms. The minimum absolute atomic E-state index is 0.0294. The van der Waals surface area contributed by atoms with Crippen molar-refractivity contribution in [3.63, 3.8) is 0 Å². The van der Waals surface area contributed by atoms with E-state index in [2.05, 4.69) is 4.72 Å². The summed E-state index contributed by atoms with van der Waals surface area (Å²) in [6.45, 7) is -0.619. The molecule has 0 saturated carbocycles. The Morgan fingerprint density at radius 2 is 1.32 bits per heavy atom. The average molecular weight is 488 g/mol. The number of nitrogens with two attached hydrogens (primary N) is 1. The van der Waals surface area contributed by atoms with Crippen LogP contribution in [0.15, 0.2) is 29.2 Å². The second-order valence-electron chi connectivity index (χ2n) is 5.82. The molecule has 0 aliphatic rings. The number of amides is 2. The molecular formula is C15H13F5N4O5S2. The molecule has 0 unspecified atom stereocenters. The van der Waals surface area contributed by atoms with Crippen LogP contribution in [0.3, 0.4) is 0 Å². The van der Waals surface area contributed by atoms with E-state index in [0.717, 1.165) is 24.3 Å². The zero-order chi connectivity index (χ0) is 23.6. The van der Waals surface area contributed by atoms with E-state index in [1.165, 1.54) is 5.32 Å². The number of rotatable bonds is 7. The van der Waals surface area contributed by atoms with Crippen LogP contribution < -0.4 is 20.5 Å². The second kappa shape index (κ2) is 9.03. The lowest BCUT2D eigenvalue weighted by Gasteiger charge is -2.12. The summed E-state index contributed by atoms with van der Waals surface area (Å²) in [5.41, 5.74) is -1.64. The van der Waals surface area contributed by atoms with Crippen LogP contribution in [0, 0.1) is 29.1 Å². The lowest BCUT2D eigenvalue weighted by molar-refractivity contribution is 0.252. The van der Waals surface area contributed by atoms with Gasteiger partial charge in [0.1, 0.15) is 5.69 Å². The summed E-state index contributed by atoms with van der Waals surface area (Å²) in [5.74, 6) is -12.2. The fourth-order valence-electron chi connectivity index (χ4n) is 2.11. The van der Waals surface area contributed by atoms with Gasteiger partial charge in [0.2, 0.25) is 25.9 Å². The van der Waals surface area contributed by atoms with Gasteiger partial charge in [0.05, 0.1) is 10.6 Å². The van der Waals surface area contributed by atoms with Crippen molar-refractivity contribution in [3.05, 3.63) is 53.4 Å². The summed E-state index contributed by atoms with van der Waals surface area (Å²) in [6, 6.07) is 2.88. The molecule has 0 saturated heterocycles. The van der Waals surface area contributed by atoms with Crippen molar-refractivity contribution < 1.29 is 43.6 Å². The topological polar surface area (TPSA) is 147 Å². The first-order valence-corrected chi connectivity index (χ1v) is 11.1. The van der Waals surface area contributed by atoms with Crippen molar-refractivity contribution >= 4 is 37.5 Å². The van der Waals surface area contributed by atoms with Gasteiger partial charge < -0.3 is 10.6 Å². The Balaban J connectivity index is 1.96. The molecule has 2 aromatic carbocycles. The van der Waals surface area contributed by atoms with Crippen LogP contribution in [-0.2, 0) is 20.0 Å². The third kappa shape index (κ3) is 6.02. The van der Waals surface area contributed by atoms with Gasteiger partial charge in [-0.15, -0.1) is 0 Å². The lowest BCUT2D eigenvalue weighted by atomic mass is 10.2.